The smallest absolute Gasteiger partial charge is 0.00685 e. The second kappa shape index (κ2) is 5.85. The van der Waals surface area contributed by atoms with Crippen LogP contribution in [0.1, 0.15) is 45.1 Å². The van der Waals surface area contributed by atoms with Crippen LogP contribution < -0.4 is 11.1 Å². The van der Waals surface area contributed by atoms with E-state index >= 15 is 0 Å². The normalized spacial score (nSPS) is 25.1. The summed E-state index contributed by atoms with van der Waals surface area (Å²) in [5.74, 6) is 0. The zero-order valence-electron chi connectivity index (χ0n) is 11.7. The van der Waals surface area contributed by atoms with Gasteiger partial charge in [-0.1, -0.05) is 44.2 Å². The zero-order chi connectivity index (χ0) is 13.0. The molecule has 0 saturated heterocycles. The molecule has 1 saturated carbocycles. The number of benzene rings is 1. The van der Waals surface area contributed by atoms with Gasteiger partial charge in [-0.2, -0.15) is 0 Å². The summed E-state index contributed by atoms with van der Waals surface area (Å²) >= 11 is 0. The van der Waals surface area contributed by atoms with Gasteiger partial charge in [0.2, 0.25) is 0 Å². The fraction of sp³-hybridized carbons (Fsp3) is 0.625. The van der Waals surface area contributed by atoms with E-state index in [0.717, 1.165) is 6.54 Å². The minimum absolute atomic E-state index is 0.195. The van der Waals surface area contributed by atoms with E-state index in [1.807, 2.05) is 0 Å². The Labute approximate surface area is 111 Å². The fourth-order valence-corrected chi connectivity index (χ4v) is 2.71. The summed E-state index contributed by atoms with van der Waals surface area (Å²) < 4.78 is 0. The lowest BCUT2D eigenvalue weighted by molar-refractivity contribution is 0.320. The van der Waals surface area contributed by atoms with Crippen molar-refractivity contribution in [3.8, 4) is 0 Å². The molecular weight excluding hydrogens is 220 g/mol. The van der Waals surface area contributed by atoms with Gasteiger partial charge in [0.05, 0.1) is 0 Å². The lowest BCUT2D eigenvalue weighted by Gasteiger charge is -2.32. The minimum Gasteiger partial charge on any atom is -0.328 e. The van der Waals surface area contributed by atoms with E-state index in [-0.39, 0.29) is 5.41 Å². The van der Waals surface area contributed by atoms with Crippen molar-refractivity contribution in [3.63, 3.8) is 0 Å². The van der Waals surface area contributed by atoms with E-state index in [1.54, 1.807) is 0 Å². The molecule has 0 heterocycles. The van der Waals surface area contributed by atoms with Gasteiger partial charge >= 0.3 is 0 Å². The van der Waals surface area contributed by atoms with Crippen LogP contribution in [0.4, 0.5) is 0 Å². The maximum absolute atomic E-state index is 5.94. The number of hydrogen-bond acceptors (Lipinski definition) is 2. The summed E-state index contributed by atoms with van der Waals surface area (Å²) in [7, 11) is 0. The SMILES string of the molecule is CC(C)(CNC1CCC(N)CC1)c1ccccc1. The third-order valence-corrected chi connectivity index (χ3v) is 4.16. The van der Waals surface area contributed by atoms with Crippen LogP contribution >= 0.6 is 0 Å². The summed E-state index contributed by atoms with van der Waals surface area (Å²) in [5.41, 5.74) is 7.54. The lowest BCUT2D eigenvalue weighted by atomic mass is 9.83. The Bertz CT molecular complexity index is 351. The van der Waals surface area contributed by atoms with Gasteiger partial charge in [-0.05, 0) is 31.2 Å². The molecule has 0 aromatic heterocycles. The number of rotatable bonds is 4. The van der Waals surface area contributed by atoms with E-state index in [2.05, 4.69) is 49.5 Å². The van der Waals surface area contributed by atoms with Gasteiger partial charge in [-0.25, -0.2) is 0 Å². The molecule has 2 rings (SSSR count). The van der Waals surface area contributed by atoms with Crippen LogP contribution in [0.25, 0.3) is 0 Å². The summed E-state index contributed by atoms with van der Waals surface area (Å²) in [6.45, 7) is 5.66. The number of hydrogen-bond donors (Lipinski definition) is 2. The first-order valence-electron chi connectivity index (χ1n) is 7.12. The van der Waals surface area contributed by atoms with Gasteiger partial charge in [-0.3, -0.25) is 0 Å². The molecule has 1 fully saturated rings. The van der Waals surface area contributed by atoms with Gasteiger partial charge in [0, 0.05) is 24.0 Å². The molecular formula is C16H26N2. The molecule has 0 radical (unpaired) electrons. The second-order valence-electron chi connectivity index (χ2n) is 6.24. The third kappa shape index (κ3) is 3.56. The van der Waals surface area contributed by atoms with E-state index < -0.39 is 0 Å². The molecule has 0 aliphatic heterocycles. The molecule has 0 amide bonds. The van der Waals surface area contributed by atoms with Crippen LogP contribution in [-0.4, -0.2) is 18.6 Å². The Hall–Kier alpha value is -0.860. The monoisotopic (exact) mass is 246 g/mol. The van der Waals surface area contributed by atoms with Crippen molar-refractivity contribution in [1.29, 1.82) is 0 Å². The van der Waals surface area contributed by atoms with Gasteiger partial charge in [0.25, 0.3) is 0 Å². The van der Waals surface area contributed by atoms with E-state index in [1.165, 1.54) is 31.2 Å². The molecule has 2 heteroatoms. The largest absolute Gasteiger partial charge is 0.328 e. The predicted octanol–water partition coefficient (Wildman–Crippen LogP) is 2.82. The van der Waals surface area contributed by atoms with Crippen LogP contribution in [0.2, 0.25) is 0 Å². The second-order valence-corrected chi connectivity index (χ2v) is 6.24. The quantitative estimate of drug-likeness (QED) is 0.857. The maximum atomic E-state index is 5.94. The highest BCUT2D eigenvalue weighted by Crippen LogP contribution is 2.23. The Balaban J connectivity index is 1.86. The van der Waals surface area contributed by atoms with Gasteiger partial charge in [0.15, 0.2) is 0 Å². The van der Waals surface area contributed by atoms with Crippen LogP contribution in [0, 0.1) is 0 Å². The molecule has 1 aliphatic carbocycles. The molecule has 100 valence electrons. The Kier molecular flexibility index (Phi) is 4.41. The van der Waals surface area contributed by atoms with Gasteiger partial charge in [-0.15, -0.1) is 0 Å². The standard InChI is InChI=1S/C16H26N2/c1-16(2,13-6-4-3-5-7-13)12-18-15-10-8-14(17)9-11-15/h3-7,14-15,18H,8-12,17H2,1-2H3. The highest BCUT2D eigenvalue weighted by molar-refractivity contribution is 5.23. The molecule has 0 bridgehead atoms. The average molecular weight is 246 g/mol. The number of nitrogens with two attached hydrogens (primary N) is 1. The Morgan fingerprint density at radius 1 is 1.11 bits per heavy atom. The molecule has 0 atom stereocenters. The number of nitrogens with one attached hydrogen (secondary N) is 1. The molecule has 1 aromatic rings. The topological polar surface area (TPSA) is 38.0 Å². The molecule has 18 heavy (non-hydrogen) atoms. The first-order valence-corrected chi connectivity index (χ1v) is 7.12. The van der Waals surface area contributed by atoms with Crippen LogP contribution in [0.15, 0.2) is 30.3 Å². The Morgan fingerprint density at radius 2 is 1.72 bits per heavy atom. The summed E-state index contributed by atoms with van der Waals surface area (Å²) in [4.78, 5) is 0. The van der Waals surface area contributed by atoms with Crippen LogP contribution in [-0.2, 0) is 5.41 Å². The van der Waals surface area contributed by atoms with E-state index in [9.17, 15) is 0 Å². The maximum Gasteiger partial charge on any atom is 0.00685 e. The molecule has 0 spiro atoms. The highest BCUT2D eigenvalue weighted by Gasteiger charge is 2.23. The van der Waals surface area contributed by atoms with Crippen molar-refractivity contribution in [2.24, 2.45) is 5.73 Å². The van der Waals surface area contributed by atoms with Crippen molar-refractivity contribution in [1.82, 2.24) is 5.32 Å². The third-order valence-electron chi connectivity index (χ3n) is 4.16. The van der Waals surface area contributed by atoms with Crippen molar-refractivity contribution >= 4 is 0 Å². The van der Waals surface area contributed by atoms with Crippen molar-refractivity contribution in [2.75, 3.05) is 6.54 Å². The minimum atomic E-state index is 0.195. The molecule has 3 N–H and O–H groups in total. The van der Waals surface area contributed by atoms with Gasteiger partial charge < -0.3 is 11.1 Å². The fourth-order valence-electron chi connectivity index (χ4n) is 2.71. The molecule has 1 aliphatic rings. The van der Waals surface area contributed by atoms with Crippen molar-refractivity contribution in [3.05, 3.63) is 35.9 Å². The average Bonchev–Trinajstić information content (AvgIpc) is 2.39. The van der Waals surface area contributed by atoms with E-state index in [4.69, 9.17) is 5.73 Å². The lowest BCUT2D eigenvalue weighted by Crippen LogP contribution is -2.42. The summed E-state index contributed by atoms with van der Waals surface area (Å²) in [5, 5.41) is 3.73. The zero-order valence-corrected chi connectivity index (χ0v) is 11.7. The van der Waals surface area contributed by atoms with E-state index in [0.29, 0.717) is 12.1 Å². The molecule has 0 unspecified atom stereocenters. The van der Waals surface area contributed by atoms with Crippen LogP contribution in [0.5, 0.6) is 0 Å². The first kappa shape index (κ1) is 13.6. The van der Waals surface area contributed by atoms with Crippen molar-refractivity contribution < 1.29 is 0 Å². The van der Waals surface area contributed by atoms with Gasteiger partial charge in [0.1, 0.15) is 0 Å². The molecule has 2 nitrogen and oxygen atoms in total. The highest BCUT2D eigenvalue weighted by atomic mass is 14.9. The molecule has 1 aromatic carbocycles. The van der Waals surface area contributed by atoms with Crippen LogP contribution in [0.3, 0.4) is 0 Å². The predicted molar refractivity (Wildman–Crippen MR) is 77.7 cm³/mol. The first-order chi connectivity index (χ1) is 8.58. The summed E-state index contributed by atoms with van der Waals surface area (Å²) in [6, 6.07) is 11.9. The van der Waals surface area contributed by atoms with Crippen molar-refractivity contribution in [2.45, 2.75) is 57.0 Å². The Morgan fingerprint density at radius 3 is 2.33 bits per heavy atom. The summed E-state index contributed by atoms with van der Waals surface area (Å²) in [6.07, 6.45) is 4.80.